The second-order valence-electron chi connectivity index (χ2n) is 3.94. The zero-order chi connectivity index (χ0) is 12.8. The van der Waals surface area contributed by atoms with Gasteiger partial charge in [-0.1, -0.05) is 0 Å². The number of amides is 1. The lowest BCUT2D eigenvalue weighted by Gasteiger charge is -2.10. The first-order valence-electron chi connectivity index (χ1n) is 5.82. The molecule has 1 aromatic rings. The summed E-state index contributed by atoms with van der Waals surface area (Å²) in [5, 5.41) is 13.4. The van der Waals surface area contributed by atoms with Crippen molar-refractivity contribution in [3.63, 3.8) is 0 Å². The van der Waals surface area contributed by atoms with Gasteiger partial charge in [0.2, 0.25) is 0 Å². The van der Waals surface area contributed by atoms with Crippen LogP contribution in [0, 0.1) is 0 Å². The van der Waals surface area contributed by atoms with Crippen LogP contribution in [0.4, 0.5) is 16.4 Å². The third-order valence-electron chi connectivity index (χ3n) is 2.61. The molecule has 2 heterocycles. The van der Waals surface area contributed by atoms with E-state index in [0.29, 0.717) is 11.6 Å². The first-order chi connectivity index (χ1) is 8.78. The Hall–Kier alpha value is -1.89. The number of rotatable bonds is 4. The Balaban J connectivity index is 1.81. The molecule has 7 nitrogen and oxygen atoms in total. The van der Waals surface area contributed by atoms with Gasteiger partial charge in [0.25, 0.3) is 0 Å². The maximum Gasteiger partial charge on any atom is 0.412 e. The summed E-state index contributed by atoms with van der Waals surface area (Å²) in [6, 6.07) is 3.40. The van der Waals surface area contributed by atoms with Crippen LogP contribution in [0.2, 0.25) is 0 Å². The fourth-order valence-corrected chi connectivity index (χ4v) is 1.67. The van der Waals surface area contributed by atoms with Crippen LogP contribution in [0.15, 0.2) is 12.1 Å². The monoisotopic (exact) mass is 252 g/mol. The molecule has 0 spiro atoms. The summed E-state index contributed by atoms with van der Waals surface area (Å²) in [7, 11) is 1.29. The van der Waals surface area contributed by atoms with Crippen LogP contribution < -0.4 is 10.6 Å². The van der Waals surface area contributed by atoms with Crippen LogP contribution in [0.1, 0.15) is 12.8 Å². The molecular formula is C11H16N4O3. The van der Waals surface area contributed by atoms with Crippen LogP contribution in [-0.4, -0.2) is 42.7 Å². The topological polar surface area (TPSA) is 85.4 Å². The van der Waals surface area contributed by atoms with E-state index in [2.05, 4.69) is 25.6 Å². The van der Waals surface area contributed by atoms with Crippen LogP contribution in [0.3, 0.4) is 0 Å². The van der Waals surface area contributed by atoms with Crippen molar-refractivity contribution in [3.05, 3.63) is 12.1 Å². The largest absolute Gasteiger partial charge is 0.453 e. The summed E-state index contributed by atoms with van der Waals surface area (Å²) in [6.07, 6.45) is 1.87. The van der Waals surface area contributed by atoms with Gasteiger partial charge in [0.15, 0.2) is 5.82 Å². The number of methoxy groups -OCH3 is 1. The van der Waals surface area contributed by atoms with Gasteiger partial charge in [-0.2, -0.15) is 0 Å². The molecular weight excluding hydrogens is 236 g/mol. The number of hydrogen-bond acceptors (Lipinski definition) is 6. The molecule has 0 saturated carbocycles. The predicted octanol–water partition coefficient (Wildman–Crippen LogP) is 1.25. The minimum absolute atomic E-state index is 0.250. The fraction of sp³-hybridized carbons (Fsp3) is 0.545. The number of anilines is 2. The highest BCUT2D eigenvalue weighted by Gasteiger charge is 2.15. The van der Waals surface area contributed by atoms with E-state index in [1.807, 2.05) is 0 Å². The van der Waals surface area contributed by atoms with E-state index >= 15 is 0 Å². The average Bonchev–Trinajstić information content (AvgIpc) is 2.91. The van der Waals surface area contributed by atoms with Gasteiger partial charge >= 0.3 is 6.09 Å². The lowest BCUT2D eigenvalue weighted by atomic mass is 10.2. The minimum atomic E-state index is -0.565. The molecule has 1 amide bonds. The molecule has 0 aromatic carbocycles. The second kappa shape index (κ2) is 6.15. The minimum Gasteiger partial charge on any atom is -0.453 e. The van der Waals surface area contributed by atoms with E-state index in [0.717, 1.165) is 26.0 Å². The number of carbonyl (C=O) groups excluding carboxylic acids is 1. The van der Waals surface area contributed by atoms with Crippen molar-refractivity contribution >= 4 is 17.7 Å². The lowest BCUT2D eigenvalue weighted by molar-refractivity contribution is 0.120. The molecule has 1 unspecified atom stereocenters. The van der Waals surface area contributed by atoms with Crippen molar-refractivity contribution in [1.29, 1.82) is 0 Å². The average molecular weight is 252 g/mol. The van der Waals surface area contributed by atoms with Crippen molar-refractivity contribution in [2.75, 3.05) is 30.9 Å². The van der Waals surface area contributed by atoms with E-state index in [1.54, 1.807) is 12.1 Å². The molecule has 7 heteroatoms. The molecule has 1 fully saturated rings. The molecule has 1 aliphatic heterocycles. The van der Waals surface area contributed by atoms with Crippen LogP contribution in [0.5, 0.6) is 0 Å². The summed E-state index contributed by atoms with van der Waals surface area (Å²) in [6.45, 7) is 1.55. The Labute approximate surface area is 105 Å². The Morgan fingerprint density at radius 1 is 1.50 bits per heavy atom. The number of ether oxygens (including phenoxy) is 2. The van der Waals surface area contributed by atoms with Gasteiger partial charge in [-0.3, -0.25) is 5.32 Å². The number of hydrogen-bond donors (Lipinski definition) is 2. The number of carbonyl (C=O) groups is 1. The summed E-state index contributed by atoms with van der Waals surface area (Å²) >= 11 is 0. The molecule has 2 N–H and O–H groups in total. The smallest absolute Gasteiger partial charge is 0.412 e. The third kappa shape index (κ3) is 3.56. The Morgan fingerprint density at radius 2 is 2.28 bits per heavy atom. The molecule has 98 valence electrons. The van der Waals surface area contributed by atoms with Crippen LogP contribution in [-0.2, 0) is 9.47 Å². The maximum atomic E-state index is 10.9. The Morgan fingerprint density at radius 3 is 2.89 bits per heavy atom. The zero-order valence-corrected chi connectivity index (χ0v) is 10.2. The number of nitrogens with zero attached hydrogens (tertiary/aromatic N) is 2. The maximum absolute atomic E-state index is 10.9. The standard InChI is InChI=1S/C11H16N4O3/c1-17-11(16)13-10-5-4-9(14-15-10)12-7-8-3-2-6-18-8/h4-5,8H,2-3,6-7H2,1H3,(H,12,14)(H,13,15,16). The first kappa shape index (κ1) is 12.6. The van der Waals surface area contributed by atoms with Gasteiger partial charge in [0.05, 0.1) is 13.2 Å². The number of nitrogens with one attached hydrogen (secondary N) is 2. The summed E-state index contributed by atoms with van der Waals surface area (Å²) < 4.78 is 9.93. The molecule has 1 aliphatic rings. The number of aromatic nitrogens is 2. The van der Waals surface area contributed by atoms with Gasteiger partial charge in [0, 0.05) is 13.2 Å². The molecule has 1 aromatic heterocycles. The quantitative estimate of drug-likeness (QED) is 0.838. The van der Waals surface area contributed by atoms with Crippen molar-refractivity contribution < 1.29 is 14.3 Å². The zero-order valence-electron chi connectivity index (χ0n) is 10.2. The van der Waals surface area contributed by atoms with E-state index in [-0.39, 0.29) is 6.10 Å². The highest BCUT2D eigenvalue weighted by atomic mass is 16.5. The highest BCUT2D eigenvalue weighted by molar-refractivity contribution is 5.83. The molecule has 18 heavy (non-hydrogen) atoms. The fourth-order valence-electron chi connectivity index (χ4n) is 1.67. The SMILES string of the molecule is COC(=O)Nc1ccc(NCC2CCCO2)nn1. The second-order valence-corrected chi connectivity index (χ2v) is 3.94. The van der Waals surface area contributed by atoms with Gasteiger partial charge in [-0.15, -0.1) is 10.2 Å². The van der Waals surface area contributed by atoms with Crippen molar-refractivity contribution in [2.45, 2.75) is 18.9 Å². The normalized spacial score (nSPS) is 18.4. The summed E-state index contributed by atoms with van der Waals surface area (Å²) in [5.74, 6) is 1.01. The Kier molecular flexibility index (Phi) is 4.30. The molecule has 0 aliphatic carbocycles. The summed E-state index contributed by atoms with van der Waals surface area (Å²) in [4.78, 5) is 10.9. The lowest BCUT2D eigenvalue weighted by Crippen LogP contribution is -2.19. The highest BCUT2D eigenvalue weighted by Crippen LogP contribution is 2.13. The molecule has 2 rings (SSSR count). The van der Waals surface area contributed by atoms with Gasteiger partial charge < -0.3 is 14.8 Å². The first-order valence-corrected chi connectivity index (χ1v) is 5.82. The molecule has 1 saturated heterocycles. The molecule has 0 bridgehead atoms. The van der Waals surface area contributed by atoms with Crippen LogP contribution in [0.25, 0.3) is 0 Å². The molecule has 1 atom stereocenters. The van der Waals surface area contributed by atoms with Gasteiger partial charge in [0.1, 0.15) is 5.82 Å². The predicted molar refractivity (Wildman–Crippen MR) is 65.5 cm³/mol. The van der Waals surface area contributed by atoms with Crippen LogP contribution >= 0.6 is 0 Å². The summed E-state index contributed by atoms with van der Waals surface area (Å²) in [5.41, 5.74) is 0. The van der Waals surface area contributed by atoms with Gasteiger partial charge in [-0.25, -0.2) is 4.79 Å². The van der Waals surface area contributed by atoms with E-state index in [9.17, 15) is 4.79 Å². The van der Waals surface area contributed by atoms with E-state index < -0.39 is 6.09 Å². The third-order valence-corrected chi connectivity index (χ3v) is 2.61. The van der Waals surface area contributed by atoms with Gasteiger partial charge in [-0.05, 0) is 25.0 Å². The van der Waals surface area contributed by atoms with E-state index in [1.165, 1.54) is 7.11 Å². The van der Waals surface area contributed by atoms with Crippen molar-refractivity contribution in [3.8, 4) is 0 Å². The Bertz CT molecular complexity index is 390. The van der Waals surface area contributed by atoms with Crippen molar-refractivity contribution in [1.82, 2.24) is 10.2 Å². The molecule has 0 radical (unpaired) electrons. The van der Waals surface area contributed by atoms with Crippen molar-refractivity contribution in [2.24, 2.45) is 0 Å². The van der Waals surface area contributed by atoms with E-state index in [4.69, 9.17) is 4.74 Å².